The third kappa shape index (κ3) is 4.85. The Bertz CT molecular complexity index is 464. The second-order valence-corrected chi connectivity index (χ2v) is 6.93. The van der Waals surface area contributed by atoms with Crippen molar-refractivity contribution in [1.82, 2.24) is 14.8 Å². The van der Waals surface area contributed by atoms with Gasteiger partial charge in [-0.3, -0.25) is 4.79 Å². The van der Waals surface area contributed by atoms with E-state index in [0.29, 0.717) is 0 Å². The van der Waals surface area contributed by atoms with Crippen molar-refractivity contribution in [2.24, 2.45) is 5.92 Å². The first kappa shape index (κ1) is 16.6. The average Bonchev–Trinajstić information content (AvgIpc) is 2.82. The van der Waals surface area contributed by atoms with Crippen molar-refractivity contribution in [2.45, 2.75) is 39.7 Å². The van der Waals surface area contributed by atoms with E-state index in [0.717, 1.165) is 55.2 Å². The Morgan fingerprint density at radius 3 is 2.76 bits per heavy atom. The zero-order chi connectivity index (χ0) is 15.2. The van der Waals surface area contributed by atoms with Gasteiger partial charge in [0, 0.05) is 30.3 Å². The van der Waals surface area contributed by atoms with Crippen LogP contribution in [0.4, 0.5) is 0 Å². The summed E-state index contributed by atoms with van der Waals surface area (Å²) in [5.74, 6) is 0.880. The van der Waals surface area contributed by atoms with E-state index in [1.807, 2.05) is 16.8 Å². The maximum absolute atomic E-state index is 12.3. The fourth-order valence-electron chi connectivity index (χ4n) is 2.79. The molecule has 0 aromatic carbocycles. The highest BCUT2D eigenvalue weighted by atomic mass is 79.9. The largest absolute Gasteiger partial charge is 0.349 e. The molecule has 21 heavy (non-hydrogen) atoms. The van der Waals surface area contributed by atoms with Crippen LogP contribution in [-0.4, -0.2) is 41.6 Å². The highest BCUT2D eigenvalue weighted by Gasteiger charge is 2.16. The van der Waals surface area contributed by atoms with E-state index in [2.05, 4.69) is 40.0 Å². The van der Waals surface area contributed by atoms with Crippen LogP contribution >= 0.6 is 15.9 Å². The van der Waals surface area contributed by atoms with Gasteiger partial charge in [-0.1, -0.05) is 13.8 Å². The summed E-state index contributed by atoms with van der Waals surface area (Å²) in [7, 11) is 0. The number of halogens is 1. The van der Waals surface area contributed by atoms with Gasteiger partial charge in [0.15, 0.2) is 0 Å². The average molecular weight is 356 g/mol. The number of hydrogen-bond donors (Lipinski definition) is 1. The Labute approximate surface area is 136 Å². The van der Waals surface area contributed by atoms with Crippen LogP contribution in [-0.2, 0) is 6.54 Å². The van der Waals surface area contributed by atoms with Crippen LogP contribution in [0, 0.1) is 5.92 Å². The number of nitrogens with zero attached hydrogens (tertiary/aromatic N) is 2. The molecule has 1 fully saturated rings. The molecule has 1 saturated heterocycles. The number of aryl methyl sites for hydroxylation is 1. The van der Waals surface area contributed by atoms with Gasteiger partial charge in [0.1, 0.15) is 5.69 Å². The van der Waals surface area contributed by atoms with Gasteiger partial charge in [-0.15, -0.1) is 0 Å². The van der Waals surface area contributed by atoms with E-state index < -0.39 is 0 Å². The van der Waals surface area contributed by atoms with Crippen molar-refractivity contribution >= 4 is 21.8 Å². The molecule has 0 unspecified atom stereocenters. The van der Waals surface area contributed by atoms with Crippen LogP contribution < -0.4 is 5.32 Å². The number of carbonyl (C=O) groups is 1. The lowest BCUT2D eigenvalue weighted by atomic mass is 9.99. The first-order chi connectivity index (χ1) is 10.1. The molecule has 4 nitrogen and oxygen atoms in total. The van der Waals surface area contributed by atoms with E-state index in [9.17, 15) is 4.79 Å². The third-order valence-corrected chi connectivity index (χ3v) is 4.58. The molecule has 0 aliphatic carbocycles. The predicted molar refractivity (Wildman–Crippen MR) is 89.6 cm³/mol. The molecule has 1 amide bonds. The molecule has 1 aromatic heterocycles. The number of likely N-dealkylation sites (tertiary alicyclic amines) is 1. The molecule has 0 spiro atoms. The summed E-state index contributed by atoms with van der Waals surface area (Å²) < 4.78 is 2.98. The van der Waals surface area contributed by atoms with Crippen LogP contribution in [0.25, 0.3) is 0 Å². The standard InChI is InChI=1S/C16H26BrN3O/c1-3-7-20-12-14(17)11-15(20)16(21)18-6-10-19-8-4-13(2)5-9-19/h11-13H,3-10H2,1-2H3,(H,18,21). The molecule has 0 radical (unpaired) electrons. The summed E-state index contributed by atoms with van der Waals surface area (Å²) in [6, 6.07) is 1.90. The van der Waals surface area contributed by atoms with E-state index in [1.54, 1.807) is 0 Å². The minimum Gasteiger partial charge on any atom is -0.349 e. The molecule has 5 heteroatoms. The highest BCUT2D eigenvalue weighted by molar-refractivity contribution is 9.10. The molecular formula is C16H26BrN3O. The summed E-state index contributed by atoms with van der Waals surface area (Å²) in [5, 5.41) is 3.05. The summed E-state index contributed by atoms with van der Waals surface area (Å²) in [5.41, 5.74) is 0.746. The van der Waals surface area contributed by atoms with Crippen LogP contribution in [0.3, 0.4) is 0 Å². The van der Waals surface area contributed by atoms with Crippen molar-refractivity contribution in [1.29, 1.82) is 0 Å². The Hall–Kier alpha value is -0.810. The molecule has 0 bridgehead atoms. The molecule has 1 aliphatic rings. The van der Waals surface area contributed by atoms with Crippen molar-refractivity contribution in [3.63, 3.8) is 0 Å². The molecular weight excluding hydrogens is 330 g/mol. The van der Waals surface area contributed by atoms with E-state index in [4.69, 9.17) is 0 Å². The lowest BCUT2D eigenvalue weighted by molar-refractivity contribution is 0.0935. The van der Waals surface area contributed by atoms with Crippen molar-refractivity contribution < 1.29 is 4.79 Å². The number of amides is 1. The Morgan fingerprint density at radius 2 is 2.10 bits per heavy atom. The minimum atomic E-state index is 0.0273. The molecule has 118 valence electrons. The first-order valence-corrected chi connectivity index (χ1v) is 8.75. The Morgan fingerprint density at radius 1 is 1.38 bits per heavy atom. The van der Waals surface area contributed by atoms with Gasteiger partial charge in [-0.05, 0) is 60.3 Å². The zero-order valence-corrected chi connectivity index (χ0v) is 14.7. The van der Waals surface area contributed by atoms with Crippen LogP contribution in [0.1, 0.15) is 43.6 Å². The minimum absolute atomic E-state index is 0.0273. The van der Waals surface area contributed by atoms with Gasteiger partial charge < -0.3 is 14.8 Å². The summed E-state index contributed by atoms with van der Waals surface area (Å²) >= 11 is 3.45. The third-order valence-electron chi connectivity index (χ3n) is 4.15. The molecule has 2 heterocycles. The topological polar surface area (TPSA) is 37.3 Å². The Kier molecular flexibility index (Phi) is 6.30. The number of piperidine rings is 1. The van der Waals surface area contributed by atoms with Crippen LogP contribution in [0.2, 0.25) is 0 Å². The van der Waals surface area contributed by atoms with E-state index in [1.165, 1.54) is 12.8 Å². The molecule has 1 aliphatic heterocycles. The molecule has 0 atom stereocenters. The van der Waals surface area contributed by atoms with Gasteiger partial charge in [0.05, 0.1) is 0 Å². The van der Waals surface area contributed by atoms with E-state index in [-0.39, 0.29) is 5.91 Å². The van der Waals surface area contributed by atoms with Crippen LogP contribution in [0.5, 0.6) is 0 Å². The SMILES string of the molecule is CCCn1cc(Br)cc1C(=O)NCCN1CCC(C)CC1. The second-order valence-electron chi connectivity index (χ2n) is 6.02. The smallest absolute Gasteiger partial charge is 0.267 e. The lowest BCUT2D eigenvalue weighted by Gasteiger charge is -2.30. The number of hydrogen-bond acceptors (Lipinski definition) is 2. The summed E-state index contributed by atoms with van der Waals surface area (Å²) in [4.78, 5) is 14.7. The second kappa shape index (κ2) is 7.99. The number of rotatable bonds is 6. The monoisotopic (exact) mass is 355 g/mol. The number of aromatic nitrogens is 1. The van der Waals surface area contributed by atoms with Crippen molar-refractivity contribution in [3.05, 3.63) is 22.4 Å². The number of carbonyl (C=O) groups excluding carboxylic acids is 1. The van der Waals surface area contributed by atoms with Crippen LogP contribution in [0.15, 0.2) is 16.7 Å². The fourth-order valence-corrected chi connectivity index (χ4v) is 3.26. The molecule has 1 N–H and O–H groups in total. The van der Waals surface area contributed by atoms with Gasteiger partial charge >= 0.3 is 0 Å². The maximum atomic E-state index is 12.3. The van der Waals surface area contributed by atoms with Crippen molar-refractivity contribution in [3.8, 4) is 0 Å². The number of nitrogens with one attached hydrogen (secondary N) is 1. The highest BCUT2D eigenvalue weighted by Crippen LogP contribution is 2.16. The normalized spacial score (nSPS) is 17.1. The zero-order valence-electron chi connectivity index (χ0n) is 13.1. The predicted octanol–water partition coefficient (Wildman–Crippen LogP) is 3.12. The summed E-state index contributed by atoms with van der Waals surface area (Å²) in [6.07, 6.45) is 5.55. The first-order valence-electron chi connectivity index (χ1n) is 7.96. The summed E-state index contributed by atoms with van der Waals surface area (Å²) in [6.45, 7) is 9.31. The van der Waals surface area contributed by atoms with Gasteiger partial charge in [0.2, 0.25) is 0 Å². The van der Waals surface area contributed by atoms with Gasteiger partial charge in [-0.25, -0.2) is 0 Å². The van der Waals surface area contributed by atoms with E-state index >= 15 is 0 Å². The molecule has 1 aromatic rings. The van der Waals surface area contributed by atoms with Gasteiger partial charge in [-0.2, -0.15) is 0 Å². The Balaban J connectivity index is 1.79. The quantitative estimate of drug-likeness (QED) is 0.850. The van der Waals surface area contributed by atoms with Gasteiger partial charge in [0.25, 0.3) is 5.91 Å². The fraction of sp³-hybridized carbons (Fsp3) is 0.688. The molecule has 0 saturated carbocycles. The van der Waals surface area contributed by atoms with Crippen molar-refractivity contribution in [2.75, 3.05) is 26.2 Å². The molecule has 2 rings (SSSR count). The lowest BCUT2D eigenvalue weighted by Crippen LogP contribution is -2.39. The maximum Gasteiger partial charge on any atom is 0.267 e.